The third-order valence-electron chi connectivity index (χ3n) is 4.34. The number of nitrogens with zero attached hydrogens (tertiary/aromatic N) is 2. The van der Waals surface area contributed by atoms with E-state index in [9.17, 15) is 8.42 Å². The van der Waals surface area contributed by atoms with Gasteiger partial charge in [0.15, 0.2) is 0 Å². The van der Waals surface area contributed by atoms with Crippen LogP contribution < -0.4 is 5.32 Å². The van der Waals surface area contributed by atoms with Gasteiger partial charge in [-0.2, -0.15) is 17.0 Å². The summed E-state index contributed by atoms with van der Waals surface area (Å²) in [5.41, 5.74) is 0. The predicted molar refractivity (Wildman–Crippen MR) is 81.8 cm³/mol. The molecular weight excluding hydrogens is 274 g/mol. The molecule has 2 heterocycles. The molecule has 2 saturated heterocycles. The first kappa shape index (κ1) is 16.2. The molecule has 2 atom stereocenters. The van der Waals surface area contributed by atoms with E-state index in [1.54, 1.807) is 8.61 Å². The van der Waals surface area contributed by atoms with Crippen molar-refractivity contribution >= 4 is 10.2 Å². The van der Waals surface area contributed by atoms with Gasteiger partial charge in [0, 0.05) is 32.2 Å². The molecule has 0 spiro atoms. The van der Waals surface area contributed by atoms with Crippen LogP contribution in [0.3, 0.4) is 0 Å². The van der Waals surface area contributed by atoms with Gasteiger partial charge in [-0.25, -0.2) is 0 Å². The van der Waals surface area contributed by atoms with E-state index in [0.717, 1.165) is 38.6 Å². The Morgan fingerprint density at radius 3 is 2.40 bits per heavy atom. The summed E-state index contributed by atoms with van der Waals surface area (Å²) in [6.07, 6.45) is 5.28. The van der Waals surface area contributed by atoms with Crippen LogP contribution in [0.1, 0.15) is 46.0 Å². The zero-order valence-electron chi connectivity index (χ0n) is 12.8. The van der Waals surface area contributed by atoms with Gasteiger partial charge < -0.3 is 5.32 Å². The normalized spacial score (nSPS) is 30.5. The smallest absolute Gasteiger partial charge is 0.282 e. The first-order chi connectivity index (χ1) is 9.54. The van der Waals surface area contributed by atoms with Crippen molar-refractivity contribution in [1.82, 2.24) is 13.9 Å². The monoisotopic (exact) mass is 303 g/mol. The lowest BCUT2D eigenvalue weighted by Gasteiger charge is -2.38. The fraction of sp³-hybridized carbons (Fsp3) is 1.00. The zero-order chi connectivity index (χ0) is 14.6. The number of hydrogen-bond acceptors (Lipinski definition) is 3. The van der Waals surface area contributed by atoms with Crippen LogP contribution in [0.5, 0.6) is 0 Å². The van der Waals surface area contributed by atoms with Gasteiger partial charge in [0.2, 0.25) is 0 Å². The molecule has 20 heavy (non-hydrogen) atoms. The van der Waals surface area contributed by atoms with Crippen LogP contribution in [-0.2, 0) is 10.2 Å². The average Bonchev–Trinajstić information content (AvgIpc) is 2.45. The first-order valence-electron chi connectivity index (χ1n) is 8.02. The summed E-state index contributed by atoms with van der Waals surface area (Å²) in [6.45, 7) is 7.94. The lowest BCUT2D eigenvalue weighted by Crippen LogP contribution is -2.54. The molecule has 0 aliphatic carbocycles. The second-order valence-corrected chi connectivity index (χ2v) is 8.19. The minimum atomic E-state index is -3.25. The second-order valence-electron chi connectivity index (χ2n) is 6.26. The molecule has 0 aromatic rings. The first-order valence-corrected chi connectivity index (χ1v) is 9.42. The standard InChI is InChI=1S/C14H29N3O2S/c1-3-8-15-14-7-5-10-17(12-14)20(18,19)16-9-4-6-13(2)11-16/h13-15H,3-12H2,1-2H3. The summed E-state index contributed by atoms with van der Waals surface area (Å²) < 4.78 is 28.9. The molecule has 2 rings (SSSR count). The van der Waals surface area contributed by atoms with Crippen LogP contribution in [0.2, 0.25) is 0 Å². The Kier molecular flexibility index (Phi) is 5.84. The largest absolute Gasteiger partial charge is 0.313 e. The maximum absolute atomic E-state index is 12.7. The third kappa shape index (κ3) is 3.93. The molecule has 0 bridgehead atoms. The van der Waals surface area contributed by atoms with Crippen molar-refractivity contribution in [2.75, 3.05) is 32.7 Å². The van der Waals surface area contributed by atoms with Crippen molar-refractivity contribution in [3.8, 4) is 0 Å². The van der Waals surface area contributed by atoms with Gasteiger partial charge in [-0.3, -0.25) is 0 Å². The van der Waals surface area contributed by atoms with Gasteiger partial charge in [-0.15, -0.1) is 0 Å². The Bertz CT molecular complexity index is 399. The molecule has 2 aliphatic heterocycles. The van der Waals surface area contributed by atoms with E-state index in [2.05, 4.69) is 19.2 Å². The molecule has 118 valence electrons. The second kappa shape index (κ2) is 7.20. The molecule has 5 nitrogen and oxygen atoms in total. The quantitative estimate of drug-likeness (QED) is 0.836. The van der Waals surface area contributed by atoms with Crippen LogP contribution in [0, 0.1) is 5.92 Å². The number of hydrogen-bond donors (Lipinski definition) is 1. The van der Waals surface area contributed by atoms with Crippen molar-refractivity contribution < 1.29 is 8.42 Å². The van der Waals surface area contributed by atoms with E-state index in [1.807, 2.05) is 0 Å². The van der Waals surface area contributed by atoms with Crippen molar-refractivity contribution in [3.05, 3.63) is 0 Å². The van der Waals surface area contributed by atoms with Crippen LogP contribution >= 0.6 is 0 Å². The van der Waals surface area contributed by atoms with E-state index < -0.39 is 10.2 Å². The Hall–Kier alpha value is -0.170. The molecule has 0 radical (unpaired) electrons. The Labute approximate surface area is 123 Å². The van der Waals surface area contributed by atoms with E-state index in [4.69, 9.17) is 0 Å². The van der Waals surface area contributed by atoms with E-state index in [0.29, 0.717) is 38.1 Å². The summed E-state index contributed by atoms with van der Waals surface area (Å²) in [4.78, 5) is 0. The van der Waals surface area contributed by atoms with Gasteiger partial charge >= 0.3 is 0 Å². The van der Waals surface area contributed by atoms with Crippen LogP contribution in [0.25, 0.3) is 0 Å². The lowest BCUT2D eigenvalue weighted by molar-refractivity contribution is 0.231. The van der Waals surface area contributed by atoms with Gasteiger partial charge in [0.25, 0.3) is 10.2 Å². The minimum absolute atomic E-state index is 0.320. The van der Waals surface area contributed by atoms with Crippen molar-refractivity contribution in [1.29, 1.82) is 0 Å². The summed E-state index contributed by atoms with van der Waals surface area (Å²) in [5, 5.41) is 3.46. The van der Waals surface area contributed by atoms with Crippen LogP contribution in [0.15, 0.2) is 0 Å². The highest BCUT2D eigenvalue weighted by Crippen LogP contribution is 2.23. The fourth-order valence-electron chi connectivity index (χ4n) is 3.19. The Morgan fingerprint density at radius 1 is 1.10 bits per heavy atom. The van der Waals surface area contributed by atoms with E-state index in [-0.39, 0.29) is 0 Å². The molecule has 2 aliphatic rings. The molecular formula is C14H29N3O2S. The van der Waals surface area contributed by atoms with Crippen LogP contribution in [-0.4, -0.2) is 55.8 Å². The predicted octanol–water partition coefficient (Wildman–Crippen LogP) is 1.43. The Balaban J connectivity index is 1.97. The number of nitrogens with one attached hydrogen (secondary N) is 1. The highest BCUT2D eigenvalue weighted by Gasteiger charge is 2.35. The van der Waals surface area contributed by atoms with Gasteiger partial charge in [0.05, 0.1) is 0 Å². The molecule has 0 saturated carbocycles. The molecule has 2 fully saturated rings. The Morgan fingerprint density at radius 2 is 1.75 bits per heavy atom. The lowest BCUT2D eigenvalue weighted by atomic mass is 10.0. The third-order valence-corrected chi connectivity index (χ3v) is 6.31. The number of rotatable bonds is 5. The number of piperidine rings is 2. The topological polar surface area (TPSA) is 52.7 Å². The molecule has 0 aromatic heterocycles. The van der Waals surface area contributed by atoms with Gasteiger partial charge in [-0.1, -0.05) is 13.8 Å². The summed E-state index contributed by atoms with van der Waals surface area (Å²) >= 11 is 0. The minimum Gasteiger partial charge on any atom is -0.313 e. The van der Waals surface area contributed by atoms with Gasteiger partial charge in [-0.05, 0) is 44.6 Å². The molecule has 2 unspecified atom stereocenters. The zero-order valence-corrected chi connectivity index (χ0v) is 13.7. The van der Waals surface area contributed by atoms with E-state index >= 15 is 0 Å². The SMILES string of the molecule is CCCNC1CCCN(S(=O)(=O)N2CCCC(C)C2)C1. The van der Waals surface area contributed by atoms with Gasteiger partial charge in [0.1, 0.15) is 0 Å². The average molecular weight is 303 g/mol. The highest BCUT2D eigenvalue weighted by atomic mass is 32.2. The summed E-state index contributed by atoms with van der Waals surface area (Å²) in [5.74, 6) is 0.484. The van der Waals surface area contributed by atoms with E-state index in [1.165, 1.54) is 0 Å². The molecule has 1 N–H and O–H groups in total. The highest BCUT2D eigenvalue weighted by molar-refractivity contribution is 7.86. The van der Waals surface area contributed by atoms with Crippen molar-refractivity contribution in [2.24, 2.45) is 5.92 Å². The maximum Gasteiger partial charge on any atom is 0.282 e. The molecule has 6 heteroatoms. The molecule has 0 aromatic carbocycles. The van der Waals surface area contributed by atoms with Crippen molar-refractivity contribution in [2.45, 2.75) is 52.0 Å². The maximum atomic E-state index is 12.7. The fourth-order valence-corrected chi connectivity index (χ4v) is 5.04. The van der Waals surface area contributed by atoms with Crippen molar-refractivity contribution in [3.63, 3.8) is 0 Å². The van der Waals surface area contributed by atoms with Crippen LogP contribution in [0.4, 0.5) is 0 Å². The summed E-state index contributed by atoms with van der Waals surface area (Å²) in [6, 6.07) is 0.320. The molecule has 0 amide bonds. The summed E-state index contributed by atoms with van der Waals surface area (Å²) in [7, 11) is -3.25.